The Labute approximate surface area is 338 Å². The molecule has 54 heavy (non-hydrogen) atoms. The largest absolute Gasteiger partial charge is 0.396 e. The van der Waals surface area contributed by atoms with Gasteiger partial charge in [0.25, 0.3) is 0 Å². The van der Waals surface area contributed by atoms with E-state index in [4.69, 9.17) is 15.0 Å². The van der Waals surface area contributed by atoms with E-state index in [1.165, 1.54) is 28.8 Å². The number of thiazole rings is 3. The Balaban J connectivity index is 1.04. The van der Waals surface area contributed by atoms with Crippen molar-refractivity contribution in [3.63, 3.8) is 0 Å². The zero-order chi connectivity index (χ0) is 36.3. The van der Waals surface area contributed by atoms with Crippen molar-refractivity contribution in [3.8, 4) is 31.7 Å². The van der Waals surface area contributed by atoms with E-state index >= 15 is 0 Å². The SMILES string of the molecule is OCC(CSc1ccccc1-c1nc2ccccc2s1)(CSc1ccccc1-c1nc2ccccc2s1)CSc1ccccc1-c1nc2ccccc2s1. The first-order valence-electron chi connectivity index (χ1n) is 17.5. The Morgan fingerprint density at radius 2 is 0.704 bits per heavy atom. The summed E-state index contributed by atoms with van der Waals surface area (Å²) in [5.41, 5.74) is 6.05. The number of aliphatic hydroxyl groups is 1. The third-order valence-electron chi connectivity index (χ3n) is 9.17. The monoisotopic (exact) mass is 811 g/mol. The number of thioether (sulfide) groups is 3. The minimum absolute atomic E-state index is 0.0515. The first-order valence-corrected chi connectivity index (χ1v) is 22.9. The molecule has 0 aliphatic rings. The van der Waals surface area contributed by atoms with E-state index in [0.717, 1.165) is 65.5 Å². The summed E-state index contributed by atoms with van der Waals surface area (Å²) in [5, 5.41) is 14.5. The molecule has 9 rings (SSSR count). The molecule has 0 radical (unpaired) electrons. The zero-order valence-electron chi connectivity index (χ0n) is 28.9. The molecule has 266 valence electrons. The molecule has 0 amide bonds. The van der Waals surface area contributed by atoms with Crippen LogP contribution in [0.3, 0.4) is 0 Å². The average Bonchev–Trinajstić information content (AvgIpc) is 3.98. The summed E-state index contributed by atoms with van der Waals surface area (Å²) in [6, 6.07) is 50.7. The quantitative estimate of drug-likeness (QED) is 0.116. The van der Waals surface area contributed by atoms with Gasteiger partial charge < -0.3 is 5.11 Å². The minimum atomic E-state index is -0.428. The van der Waals surface area contributed by atoms with E-state index < -0.39 is 5.41 Å². The van der Waals surface area contributed by atoms with Crippen molar-refractivity contribution in [2.75, 3.05) is 23.9 Å². The second kappa shape index (κ2) is 16.0. The van der Waals surface area contributed by atoms with Gasteiger partial charge in [-0.1, -0.05) is 91.0 Å². The van der Waals surface area contributed by atoms with Crippen LogP contribution in [0, 0.1) is 5.41 Å². The van der Waals surface area contributed by atoms with Crippen LogP contribution in [0.25, 0.3) is 62.4 Å². The maximum Gasteiger partial charge on any atom is 0.125 e. The van der Waals surface area contributed by atoms with Gasteiger partial charge in [-0.3, -0.25) is 0 Å². The Bertz CT molecular complexity index is 2330. The fraction of sp³-hybridized carbons (Fsp3) is 0.114. The molecule has 1 N–H and O–H groups in total. The molecule has 0 unspecified atom stereocenters. The normalized spacial score (nSPS) is 11.9. The highest BCUT2D eigenvalue weighted by atomic mass is 32.2. The van der Waals surface area contributed by atoms with Crippen molar-refractivity contribution in [1.82, 2.24) is 15.0 Å². The Morgan fingerprint density at radius 3 is 1.02 bits per heavy atom. The van der Waals surface area contributed by atoms with Gasteiger partial charge in [-0.15, -0.1) is 69.3 Å². The molecule has 0 bridgehead atoms. The van der Waals surface area contributed by atoms with E-state index in [2.05, 4.69) is 127 Å². The number of benzene rings is 6. The number of aliphatic hydroxyl groups excluding tert-OH is 1. The van der Waals surface area contributed by atoms with Crippen LogP contribution >= 0.6 is 69.3 Å². The number of fused-ring (bicyclic) bond motifs is 3. The highest BCUT2D eigenvalue weighted by Gasteiger charge is 2.32. The maximum absolute atomic E-state index is 11.5. The Kier molecular flexibility index (Phi) is 10.6. The van der Waals surface area contributed by atoms with Crippen LogP contribution < -0.4 is 0 Å². The molecular weight excluding hydrogens is 779 g/mol. The molecule has 0 atom stereocenters. The van der Waals surface area contributed by atoms with Gasteiger partial charge in [-0.05, 0) is 54.6 Å². The fourth-order valence-corrected chi connectivity index (χ4v) is 13.6. The standard InChI is InChI=1S/C44H33N3OS6/c48-25-44(26-49-35-19-7-1-13-29(35)41-45-32-16-4-10-22-38(32)52-41,27-50-36-20-8-2-14-30(36)42-46-33-17-5-11-23-39(33)53-42)28-51-37-21-9-3-15-31(37)43-47-34-18-6-12-24-40(34)54-43/h1-24,48H,25-28H2. The summed E-state index contributed by atoms with van der Waals surface area (Å²) in [6.07, 6.45) is 0. The van der Waals surface area contributed by atoms with Gasteiger partial charge in [0.05, 0.1) is 37.3 Å². The van der Waals surface area contributed by atoms with E-state index in [9.17, 15) is 5.11 Å². The summed E-state index contributed by atoms with van der Waals surface area (Å²) in [4.78, 5) is 18.5. The van der Waals surface area contributed by atoms with Gasteiger partial charge in [0.2, 0.25) is 0 Å². The number of hydrogen-bond acceptors (Lipinski definition) is 10. The lowest BCUT2D eigenvalue weighted by Crippen LogP contribution is -2.34. The Morgan fingerprint density at radius 1 is 0.407 bits per heavy atom. The zero-order valence-corrected chi connectivity index (χ0v) is 33.8. The molecule has 0 saturated carbocycles. The van der Waals surface area contributed by atoms with Crippen LogP contribution in [0.4, 0.5) is 0 Å². The second-order valence-corrected chi connectivity index (χ2v) is 19.1. The van der Waals surface area contributed by atoms with Crippen molar-refractivity contribution in [2.45, 2.75) is 14.7 Å². The third-order valence-corrected chi connectivity index (χ3v) is 16.7. The van der Waals surface area contributed by atoms with Gasteiger partial charge in [-0.2, -0.15) is 0 Å². The van der Waals surface area contributed by atoms with E-state index in [1.54, 1.807) is 34.0 Å². The Hall–Kier alpha value is -4.00. The lowest BCUT2D eigenvalue weighted by molar-refractivity contribution is 0.188. The predicted molar refractivity (Wildman–Crippen MR) is 237 cm³/mol. The predicted octanol–water partition coefficient (Wildman–Crippen LogP) is 13.2. The topological polar surface area (TPSA) is 58.9 Å². The molecule has 4 nitrogen and oxygen atoms in total. The van der Waals surface area contributed by atoms with Gasteiger partial charge in [0.15, 0.2) is 0 Å². The number of rotatable bonds is 13. The van der Waals surface area contributed by atoms with Gasteiger partial charge in [-0.25, -0.2) is 15.0 Å². The highest BCUT2D eigenvalue weighted by Crippen LogP contribution is 2.45. The molecule has 0 spiro atoms. The van der Waals surface area contributed by atoms with Crippen LogP contribution in [-0.2, 0) is 0 Å². The maximum atomic E-state index is 11.5. The lowest BCUT2D eigenvalue weighted by atomic mass is 9.97. The molecule has 3 aromatic heterocycles. The highest BCUT2D eigenvalue weighted by molar-refractivity contribution is 8.01. The first kappa shape index (κ1) is 35.7. The lowest BCUT2D eigenvalue weighted by Gasteiger charge is -2.32. The van der Waals surface area contributed by atoms with Crippen LogP contribution in [0.1, 0.15) is 0 Å². The van der Waals surface area contributed by atoms with Crippen LogP contribution in [0.2, 0.25) is 0 Å². The van der Waals surface area contributed by atoms with E-state index in [1.807, 2.05) is 53.5 Å². The molecule has 9 aromatic rings. The summed E-state index contributed by atoms with van der Waals surface area (Å²) in [5.74, 6) is 2.20. The molecule has 3 heterocycles. The second-order valence-electron chi connectivity index (χ2n) is 13.0. The summed E-state index contributed by atoms with van der Waals surface area (Å²) < 4.78 is 3.55. The first-order chi connectivity index (χ1) is 26.6. The smallest absolute Gasteiger partial charge is 0.125 e. The van der Waals surface area contributed by atoms with Crippen LogP contribution in [0.5, 0.6) is 0 Å². The van der Waals surface area contributed by atoms with Gasteiger partial charge >= 0.3 is 0 Å². The molecule has 0 aliphatic heterocycles. The molecule has 0 saturated heterocycles. The van der Waals surface area contributed by atoms with Crippen molar-refractivity contribution >= 4 is 99.9 Å². The van der Waals surface area contributed by atoms with Crippen LogP contribution in [0.15, 0.2) is 160 Å². The van der Waals surface area contributed by atoms with Crippen molar-refractivity contribution in [3.05, 3.63) is 146 Å². The number of nitrogens with zero attached hydrogens (tertiary/aromatic N) is 3. The van der Waals surface area contributed by atoms with E-state index in [-0.39, 0.29) is 6.61 Å². The summed E-state index contributed by atoms with van der Waals surface area (Å²) in [7, 11) is 0. The average molecular weight is 812 g/mol. The number of aromatic nitrogens is 3. The molecule has 0 aliphatic carbocycles. The fourth-order valence-electron chi connectivity index (χ4n) is 6.22. The number of para-hydroxylation sites is 3. The summed E-state index contributed by atoms with van der Waals surface area (Å²) >= 11 is 10.6. The molecule has 10 heteroatoms. The number of hydrogen-bond donors (Lipinski definition) is 1. The third kappa shape index (κ3) is 7.49. The van der Waals surface area contributed by atoms with Crippen LogP contribution in [-0.4, -0.2) is 43.9 Å². The summed E-state index contributed by atoms with van der Waals surface area (Å²) in [6.45, 7) is 0.0515. The van der Waals surface area contributed by atoms with Crippen molar-refractivity contribution in [2.24, 2.45) is 5.41 Å². The molecule has 6 aromatic carbocycles. The molecular formula is C44H33N3OS6. The van der Waals surface area contributed by atoms with Crippen molar-refractivity contribution in [1.29, 1.82) is 0 Å². The van der Waals surface area contributed by atoms with Gasteiger partial charge in [0.1, 0.15) is 15.0 Å². The van der Waals surface area contributed by atoms with Gasteiger partial charge in [0, 0.05) is 54.1 Å². The van der Waals surface area contributed by atoms with Crippen molar-refractivity contribution < 1.29 is 5.11 Å². The van der Waals surface area contributed by atoms with E-state index in [0.29, 0.717) is 0 Å². The minimum Gasteiger partial charge on any atom is -0.396 e. The molecule has 0 fully saturated rings.